The molecule has 0 spiro atoms. The molecule has 2 atom stereocenters. The molecule has 0 bridgehead atoms. The molecule has 0 saturated carbocycles. The van der Waals surface area contributed by atoms with Crippen LogP contribution in [0, 0.1) is 12.8 Å². The van der Waals surface area contributed by atoms with Gasteiger partial charge in [-0.05, 0) is 68.7 Å². The van der Waals surface area contributed by atoms with Crippen molar-refractivity contribution in [2.75, 3.05) is 29.0 Å². The van der Waals surface area contributed by atoms with Crippen LogP contribution in [0.3, 0.4) is 0 Å². The molecular formula is C25H29N7O3. The lowest BCUT2D eigenvalue weighted by atomic mass is 9.97. The van der Waals surface area contributed by atoms with E-state index < -0.39 is 6.04 Å². The molecule has 2 unspecified atom stereocenters. The second-order valence-electron chi connectivity index (χ2n) is 8.69. The Hall–Kier alpha value is -4.21. The van der Waals surface area contributed by atoms with E-state index in [1.165, 1.54) is 17.3 Å². The SMILES string of the molecule is Cc1cccc(NC(=O)N2CCCC(C(=O)Nc3ccc(NC(=O)C(C)n4cncn4)cc3)C2)c1. The molecule has 3 aromatic rings. The van der Waals surface area contributed by atoms with Crippen LogP contribution in [0.5, 0.6) is 0 Å². The highest BCUT2D eigenvalue weighted by atomic mass is 16.2. The monoisotopic (exact) mass is 475 g/mol. The van der Waals surface area contributed by atoms with Crippen molar-refractivity contribution >= 4 is 34.9 Å². The fourth-order valence-electron chi connectivity index (χ4n) is 3.97. The zero-order chi connectivity index (χ0) is 24.8. The molecule has 1 aliphatic rings. The maximum absolute atomic E-state index is 12.9. The highest BCUT2D eigenvalue weighted by Gasteiger charge is 2.28. The molecule has 1 aliphatic heterocycles. The Morgan fingerprint density at radius 1 is 1.00 bits per heavy atom. The number of rotatable bonds is 6. The molecular weight excluding hydrogens is 446 g/mol. The highest BCUT2D eigenvalue weighted by Crippen LogP contribution is 2.21. The number of urea groups is 1. The second kappa shape index (κ2) is 10.8. The molecule has 4 rings (SSSR count). The van der Waals surface area contributed by atoms with Gasteiger partial charge in [0.2, 0.25) is 11.8 Å². The predicted molar refractivity (Wildman–Crippen MR) is 133 cm³/mol. The Kier molecular flexibility index (Phi) is 7.39. The van der Waals surface area contributed by atoms with E-state index >= 15 is 0 Å². The molecule has 0 radical (unpaired) electrons. The zero-order valence-corrected chi connectivity index (χ0v) is 19.8. The van der Waals surface area contributed by atoms with Crippen LogP contribution in [0.25, 0.3) is 0 Å². The normalized spacial score (nSPS) is 16.3. The van der Waals surface area contributed by atoms with Crippen molar-refractivity contribution < 1.29 is 14.4 Å². The van der Waals surface area contributed by atoms with Gasteiger partial charge in [0.15, 0.2) is 0 Å². The van der Waals surface area contributed by atoms with Gasteiger partial charge < -0.3 is 20.9 Å². The fourth-order valence-corrected chi connectivity index (χ4v) is 3.97. The molecule has 35 heavy (non-hydrogen) atoms. The molecule has 1 fully saturated rings. The number of aromatic nitrogens is 3. The molecule has 10 nitrogen and oxygen atoms in total. The first-order valence-corrected chi connectivity index (χ1v) is 11.6. The van der Waals surface area contributed by atoms with Gasteiger partial charge in [-0.2, -0.15) is 5.10 Å². The van der Waals surface area contributed by atoms with Crippen LogP contribution in [0.1, 0.15) is 31.4 Å². The van der Waals surface area contributed by atoms with E-state index in [1.807, 2.05) is 31.2 Å². The Labute approximate surface area is 203 Å². The van der Waals surface area contributed by atoms with E-state index in [1.54, 1.807) is 36.1 Å². The summed E-state index contributed by atoms with van der Waals surface area (Å²) >= 11 is 0. The summed E-state index contributed by atoms with van der Waals surface area (Å²) in [5.41, 5.74) is 3.04. The minimum atomic E-state index is -0.505. The number of nitrogens with one attached hydrogen (secondary N) is 3. The van der Waals surface area contributed by atoms with E-state index in [0.29, 0.717) is 30.9 Å². The van der Waals surface area contributed by atoms with Crippen LogP contribution < -0.4 is 16.0 Å². The summed E-state index contributed by atoms with van der Waals surface area (Å²) in [7, 11) is 0. The fraction of sp³-hybridized carbons (Fsp3) is 0.320. The first-order valence-electron chi connectivity index (χ1n) is 11.6. The van der Waals surface area contributed by atoms with Gasteiger partial charge in [0.1, 0.15) is 18.7 Å². The highest BCUT2D eigenvalue weighted by molar-refractivity contribution is 5.96. The summed E-state index contributed by atoms with van der Waals surface area (Å²) in [6.45, 7) is 4.67. The van der Waals surface area contributed by atoms with Crippen LogP contribution >= 0.6 is 0 Å². The molecule has 182 valence electrons. The van der Waals surface area contributed by atoms with Crippen molar-refractivity contribution in [2.24, 2.45) is 5.92 Å². The molecule has 10 heteroatoms. The molecule has 4 amide bonds. The Bertz CT molecular complexity index is 1180. The molecule has 2 heterocycles. The number of piperidine rings is 1. The standard InChI is InChI=1S/C25H29N7O3/c1-17-5-3-7-22(13-17)30-25(35)31-12-4-6-19(14-31)24(34)29-21-10-8-20(9-11-21)28-23(33)18(2)32-16-26-15-27-32/h3,5,7-11,13,15-16,18-19H,4,6,12,14H2,1-2H3,(H,28,33)(H,29,34)(H,30,35). The van der Waals surface area contributed by atoms with E-state index in [-0.39, 0.29) is 23.8 Å². The lowest BCUT2D eigenvalue weighted by molar-refractivity contribution is -0.121. The Morgan fingerprint density at radius 2 is 1.74 bits per heavy atom. The average molecular weight is 476 g/mol. The van der Waals surface area contributed by atoms with Gasteiger partial charge in [-0.15, -0.1) is 0 Å². The number of anilines is 3. The average Bonchev–Trinajstić information content (AvgIpc) is 3.40. The van der Waals surface area contributed by atoms with Crippen LogP contribution in [0.2, 0.25) is 0 Å². The van der Waals surface area contributed by atoms with Crippen LogP contribution in [0.4, 0.5) is 21.9 Å². The van der Waals surface area contributed by atoms with Crippen molar-refractivity contribution in [3.63, 3.8) is 0 Å². The van der Waals surface area contributed by atoms with Gasteiger partial charge in [0.25, 0.3) is 0 Å². The van der Waals surface area contributed by atoms with Gasteiger partial charge in [0, 0.05) is 30.2 Å². The number of hydrogen-bond acceptors (Lipinski definition) is 5. The first-order chi connectivity index (χ1) is 16.9. The number of carbonyl (C=O) groups excluding carboxylic acids is 3. The number of benzene rings is 2. The smallest absolute Gasteiger partial charge is 0.321 e. The van der Waals surface area contributed by atoms with E-state index in [2.05, 4.69) is 26.0 Å². The van der Waals surface area contributed by atoms with Crippen molar-refractivity contribution in [3.8, 4) is 0 Å². The second-order valence-corrected chi connectivity index (χ2v) is 8.69. The molecule has 3 N–H and O–H groups in total. The minimum absolute atomic E-state index is 0.130. The van der Waals surface area contributed by atoms with Crippen molar-refractivity contribution in [1.82, 2.24) is 19.7 Å². The van der Waals surface area contributed by atoms with Crippen LogP contribution in [0.15, 0.2) is 61.2 Å². The maximum atomic E-state index is 12.9. The van der Waals surface area contributed by atoms with Crippen LogP contribution in [-0.2, 0) is 9.59 Å². The van der Waals surface area contributed by atoms with Gasteiger partial charge >= 0.3 is 6.03 Å². The number of hydrogen-bond donors (Lipinski definition) is 3. The lowest BCUT2D eigenvalue weighted by Gasteiger charge is -2.32. The molecule has 2 aromatic carbocycles. The van der Waals surface area contributed by atoms with Crippen LogP contribution in [-0.4, -0.2) is 50.6 Å². The summed E-state index contributed by atoms with van der Waals surface area (Å²) in [5.74, 6) is -0.650. The van der Waals surface area contributed by atoms with E-state index in [4.69, 9.17) is 0 Å². The first kappa shape index (κ1) is 23.9. The topological polar surface area (TPSA) is 121 Å². The third-order valence-corrected chi connectivity index (χ3v) is 5.98. The Balaban J connectivity index is 1.29. The lowest BCUT2D eigenvalue weighted by Crippen LogP contribution is -2.45. The summed E-state index contributed by atoms with van der Waals surface area (Å²) in [6, 6.07) is 13.8. The minimum Gasteiger partial charge on any atom is -0.326 e. The third-order valence-electron chi connectivity index (χ3n) is 5.98. The van der Waals surface area contributed by atoms with Gasteiger partial charge in [-0.25, -0.2) is 14.5 Å². The predicted octanol–water partition coefficient (Wildman–Crippen LogP) is 3.67. The third kappa shape index (κ3) is 6.23. The molecule has 1 saturated heterocycles. The summed E-state index contributed by atoms with van der Waals surface area (Å²) in [5, 5.41) is 12.6. The van der Waals surface area contributed by atoms with E-state index in [9.17, 15) is 14.4 Å². The van der Waals surface area contributed by atoms with Crippen molar-refractivity contribution in [2.45, 2.75) is 32.7 Å². The van der Waals surface area contributed by atoms with Crippen molar-refractivity contribution in [1.29, 1.82) is 0 Å². The van der Waals surface area contributed by atoms with Gasteiger partial charge in [-0.3, -0.25) is 9.59 Å². The van der Waals surface area contributed by atoms with Crippen molar-refractivity contribution in [3.05, 3.63) is 66.7 Å². The number of nitrogens with zero attached hydrogens (tertiary/aromatic N) is 4. The number of carbonyl (C=O) groups is 3. The van der Waals surface area contributed by atoms with Gasteiger partial charge in [-0.1, -0.05) is 12.1 Å². The van der Waals surface area contributed by atoms with E-state index in [0.717, 1.165) is 17.7 Å². The summed E-state index contributed by atoms with van der Waals surface area (Å²) in [4.78, 5) is 43.5. The quantitative estimate of drug-likeness (QED) is 0.502. The summed E-state index contributed by atoms with van der Waals surface area (Å²) < 4.78 is 1.47. The number of likely N-dealkylation sites (tertiary alicyclic amines) is 1. The van der Waals surface area contributed by atoms with Gasteiger partial charge in [0.05, 0.1) is 5.92 Å². The summed E-state index contributed by atoms with van der Waals surface area (Å²) in [6.07, 6.45) is 4.34. The largest absolute Gasteiger partial charge is 0.326 e. The molecule has 0 aliphatic carbocycles. The maximum Gasteiger partial charge on any atom is 0.321 e. The number of aryl methyl sites for hydroxylation is 1. The zero-order valence-electron chi connectivity index (χ0n) is 19.8. The Morgan fingerprint density at radius 3 is 2.43 bits per heavy atom. The molecule has 1 aromatic heterocycles. The number of amides is 4.